The van der Waals surface area contributed by atoms with Gasteiger partial charge >= 0.3 is 0 Å². The lowest BCUT2D eigenvalue weighted by Gasteiger charge is -2.37. The van der Waals surface area contributed by atoms with E-state index in [2.05, 4.69) is 77.5 Å². The number of halogens is 1. The molecule has 0 saturated heterocycles. The monoisotopic (exact) mass is 443 g/mol. The van der Waals surface area contributed by atoms with Crippen LogP contribution < -0.4 is 0 Å². The van der Waals surface area contributed by atoms with Gasteiger partial charge in [-0.05, 0) is 47.7 Å². The number of aryl methyl sites for hydroxylation is 1. The molecule has 3 aromatic carbocycles. The minimum absolute atomic E-state index is 0.176. The highest BCUT2D eigenvalue weighted by Gasteiger charge is 2.41. The second-order valence-corrected chi connectivity index (χ2v) is 8.96. The Morgan fingerprint density at radius 1 is 0.931 bits per heavy atom. The van der Waals surface area contributed by atoms with Gasteiger partial charge in [-0.1, -0.05) is 82.2 Å². The van der Waals surface area contributed by atoms with Crippen molar-refractivity contribution in [3.05, 3.63) is 105 Å². The van der Waals surface area contributed by atoms with Crippen LogP contribution in [0.2, 0.25) is 0 Å². The number of rotatable bonds is 2. The Bertz CT molecular complexity index is 1100. The van der Waals surface area contributed by atoms with Gasteiger partial charge in [0, 0.05) is 16.8 Å². The quantitative estimate of drug-likeness (QED) is 0.442. The molecule has 0 aliphatic carbocycles. The van der Waals surface area contributed by atoms with Crippen LogP contribution in [-0.4, -0.2) is 11.5 Å². The van der Waals surface area contributed by atoms with E-state index in [4.69, 9.17) is 4.99 Å². The normalized spacial score (nSPS) is 23.2. The molecule has 2 aliphatic rings. The smallest absolute Gasteiger partial charge is 0.142 e. The van der Waals surface area contributed by atoms with Gasteiger partial charge in [-0.3, -0.25) is 9.79 Å². The number of benzene rings is 3. The Morgan fingerprint density at radius 3 is 2.45 bits per heavy atom. The fourth-order valence-electron chi connectivity index (χ4n) is 4.81. The van der Waals surface area contributed by atoms with E-state index in [0.717, 1.165) is 27.7 Å². The first-order valence-electron chi connectivity index (χ1n) is 10.1. The van der Waals surface area contributed by atoms with Gasteiger partial charge in [0.2, 0.25) is 0 Å². The van der Waals surface area contributed by atoms with Gasteiger partial charge in [0.1, 0.15) is 5.78 Å². The van der Waals surface area contributed by atoms with E-state index in [1.165, 1.54) is 16.7 Å². The van der Waals surface area contributed by atoms with Crippen molar-refractivity contribution < 1.29 is 4.79 Å². The van der Waals surface area contributed by atoms with Gasteiger partial charge < -0.3 is 0 Å². The molecular weight excluding hydrogens is 422 g/mol. The SMILES string of the molecule is Cc1ccc2c(c1)C1N=C(c3ccccc3)C2CCC(=O)C1c1ccc(Br)cc1. The number of carbonyl (C=O) groups excluding carboxylic acids is 1. The van der Waals surface area contributed by atoms with Gasteiger partial charge in [-0.2, -0.15) is 0 Å². The maximum absolute atomic E-state index is 13.3. The second kappa shape index (κ2) is 7.38. The van der Waals surface area contributed by atoms with Crippen LogP contribution >= 0.6 is 15.9 Å². The highest BCUT2D eigenvalue weighted by atomic mass is 79.9. The van der Waals surface area contributed by atoms with E-state index in [1.54, 1.807) is 0 Å². The third-order valence-electron chi connectivity index (χ3n) is 6.19. The van der Waals surface area contributed by atoms with Crippen molar-refractivity contribution in [3.8, 4) is 0 Å². The summed E-state index contributed by atoms with van der Waals surface area (Å²) in [5.74, 6) is 0.230. The topological polar surface area (TPSA) is 29.4 Å². The molecule has 0 spiro atoms. The van der Waals surface area contributed by atoms with E-state index in [1.807, 2.05) is 18.2 Å². The molecule has 3 unspecified atom stereocenters. The highest BCUT2D eigenvalue weighted by molar-refractivity contribution is 9.10. The fraction of sp³-hybridized carbons (Fsp3) is 0.231. The molecule has 3 atom stereocenters. The Kier molecular flexibility index (Phi) is 4.71. The number of Topliss-reactive ketones (excluding diaryl/α,β-unsaturated/α-hetero) is 1. The first-order valence-corrected chi connectivity index (χ1v) is 10.9. The van der Waals surface area contributed by atoms with Crippen molar-refractivity contribution in [1.29, 1.82) is 0 Å². The maximum Gasteiger partial charge on any atom is 0.142 e. The van der Waals surface area contributed by atoms with Crippen LogP contribution in [0, 0.1) is 6.92 Å². The number of carbonyl (C=O) groups is 1. The van der Waals surface area contributed by atoms with Crippen molar-refractivity contribution in [2.24, 2.45) is 4.99 Å². The summed E-state index contributed by atoms with van der Waals surface area (Å²) in [5.41, 5.74) is 7.11. The standard InChI is InChI=1S/C26H22BrNO/c1-16-7-12-20-21-13-14-23(29)24(17-8-10-19(27)11-9-17)26(22(20)15-16)28-25(21)18-5-3-2-4-6-18/h2-12,15,21,24,26H,13-14H2,1H3. The van der Waals surface area contributed by atoms with Crippen LogP contribution in [0.15, 0.2) is 82.3 Å². The molecule has 5 rings (SSSR count). The number of aliphatic imine (C=N–C) groups is 1. The summed E-state index contributed by atoms with van der Waals surface area (Å²) in [6, 6.07) is 25.1. The number of ketones is 1. The van der Waals surface area contributed by atoms with Crippen LogP contribution in [0.5, 0.6) is 0 Å². The predicted molar refractivity (Wildman–Crippen MR) is 121 cm³/mol. The van der Waals surface area contributed by atoms with E-state index in [9.17, 15) is 4.79 Å². The summed E-state index contributed by atoms with van der Waals surface area (Å²) < 4.78 is 1.02. The Hall–Kier alpha value is -2.52. The molecule has 0 N–H and O–H groups in total. The average Bonchev–Trinajstić information content (AvgIpc) is 2.73. The summed E-state index contributed by atoms with van der Waals surface area (Å²) in [6.07, 6.45) is 1.39. The zero-order valence-corrected chi connectivity index (χ0v) is 17.9. The average molecular weight is 444 g/mol. The van der Waals surface area contributed by atoms with Crippen molar-refractivity contribution in [2.75, 3.05) is 0 Å². The molecule has 3 heteroatoms. The fourth-order valence-corrected chi connectivity index (χ4v) is 5.08. The predicted octanol–water partition coefficient (Wildman–Crippen LogP) is 6.53. The molecule has 0 radical (unpaired) electrons. The molecule has 0 aromatic heterocycles. The van der Waals surface area contributed by atoms with E-state index in [0.29, 0.717) is 12.2 Å². The Labute approximate surface area is 179 Å². The molecular formula is C26H22BrNO. The number of fused-ring (bicyclic) bond motifs is 5. The highest BCUT2D eigenvalue weighted by Crippen LogP contribution is 2.48. The molecule has 2 nitrogen and oxygen atoms in total. The van der Waals surface area contributed by atoms with Crippen molar-refractivity contribution in [3.63, 3.8) is 0 Å². The molecule has 29 heavy (non-hydrogen) atoms. The van der Waals surface area contributed by atoms with E-state index < -0.39 is 0 Å². The first kappa shape index (κ1) is 18.5. The van der Waals surface area contributed by atoms with E-state index in [-0.39, 0.29) is 17.9 Å². The Morgan fingerprint density at radius 2 is 1.69 bits per heavy atom. The molecule has 3 aromatic rings. The minimum Gasteiger partial charge on any atom is -0.299 e. The van der Waals surface area contributed by atoms with Crippen molar-refractivity contribution in [1.82, 2.24) is 0 Å². The van der Waals surface area contributed by atoms with Crippen LogP contribution in [0.4, 0.5) is 0 Å². The summed E-state index contributed by atoms with van der Waals surface area (Å²) in [4.78, 5) is 18.6. The second-order valence-electron chi connectivity index (χ2n) is 8.04. The lowest BCUT2D eigenvalue weighted by Crippen LogP contribution is -2.32. The van der Waals surface area contributed by atoms with Gasteiger partial charge in [0.15, 0.2) is 0 Å². The minimum atomic E-state index is -0.247. The number of hydrogen-bond acceptors (Lipinski definition) is 2. The molecule has 0 saturated carbocycles. The summed E-state index contributed by atoms with van der Waals surface area (Å²) in [5, 5.41) is 0. The van der Waals surface area contributed by atoms with Crippen LogP contribution in [0.3, 0.4) is 0 Å². The van der Waals surface area contributed by atoms with Gasteiger partial charge in [0.25, 0.3) is 0 Å². The van der Waals surface area contributed by atoms with Gasteiger partial charge in [-0.15, -0.1) is 0 Å². The largest absolute Gasteiger partial charge is 0.299 e. The maximum atomic E-state index is 13.3. The van der Waals surface area contributed by atoms with Crippen molar-refractivity contribution in [2.45, 2.75) is 37.6 Å². The molecule has 0 amide bonds. The molecule has 0 fully saturated rings. The number of nitrogens with zero attached hydrogens (tertiary/aromatic N) is 1. The third-order valence-corrected chi connectivity index (χ3v) is 6.71. The van der Waals surface area contributed by atoms with Crippen molar-refractivity contribution >= 4 is 27.4 Å². The number of hydrogen-bond donors (Lipinski definition) is 0. The lowest BCUT2D eigenvalue weighted by molar-refractivity contribution is -0.121. The summed E-state index contributed by atoms with van der Waals surface area (Å²) >= 11 is 3.52. The summed E-state index contributed by atoms with van der Waals surface area (Å²) in [7, 11) is 0. The van der Waals surface area contributed by atoms with E-state index >= 15 is 0 Å². The first-order chi connectivity index (χ1) is 14.1. The van der Waals surface area contributed by atoms with Gasteiger partial charge in [0.05, 0.1) is 17.7 Å². The molecule has 2 aliphatic heterocycles. The molecule has 144 valence electrons. The van der Waals surface area contributed by atoms with Gasteiger partial charge in [-0.25, -0.2) is 0 Å². The summed E-state index contributed by atoms with van der Waals surface area (Å²) in [6.45, 7) is 2.12. The third kappa shape index (κ3) is 3.28. The van der Waals surface area contributed by atoms with Crippen LogP contribution in [0.25, 0.3) is 0 Å². The lowest BCUT2D eigenvalue weighted by atomic mass is 9.70. The Balaban J connectivity index is 1.74. The molecule has 2 heterocycles. The molecule has 2 bridgehead atoms. The zero-order chi connectivity index (χ0) is 20.0. The van der Waals surface area contributed by atoms with Crippen LogP contribution in [-0.2, 0) is 4.79 Å². The zero-order valence-electron chi connectivity index (χ0n) is 16.3. The van der Waals surface area contributed by atoms with Crippen LogP contribution in [0.1, 0.15) is 58.5 Å².